The minimum Gasteiger partial charge on any atom is -0.494 e. The predicted octanol–water partition coefficient (Wildman–Crippen LogP) is 0.581. The summed E-state index contributed by atoms with van der Waals surface area (Å²) in [5, 5.41) is 6.28. The van der Waals surface area contributed by atoms with Crippen LogP contribution in [0.2, 0.25) is 0 Å². The summed E-state index contributed by atoms with van der Waals surface area (Å²) in [4.78, 5) is 22.5. The summed E-state index contributed by atoms with van der Waals surface area (Å²) in [5.74, 6) is -0.910. The lowest BCUT2D eigenvalue weighted by Crippen LogP contribution is -2.17. The topological polar surface area (TPSA) is 172 Å². The average molecular weight is 358 g/mol. The molecule has 0 heterocycles. The van der Waals surface area contributed by atoms with Gasteiger partial charge >= 0.3 is 0 Å². The van der Waals surface area contributed by atoms with Gasteiger partial charge in [0.05, 0.1) is 35.4 Å². The molecule has 0 aliphatic heterocycles. The number of primary amides is 2. The van der Waals surface area contributed by atoms with Crippen molar-refractivity contribution in [2.75, 3.05) is 42.3 Å². The number of benzene rings is 2. The predicted molar refractivity (Wildman–Crippen MR) is 102 cm³/mol. The van der Waals surface area contributed by atoms with E-state index < -0.39 is 11.8 Å². The molecule has 0 aromatic heterocycles. The van der Waals surface area contributed by atoms with E-state index in [9.17, 15) is 9.59 Å². The van der Waals surface area contributed by atoms with Crippen LogP contribution in [-0.4, -0.2) is 32.0 Å². The summed E-state index contributed by atoms with van der Waals surface area (Å²) < 4.78 is 5.16. The summed E-state index contributed by atoms with van der Waals surface area (Å²) in [5.41, 5.74) is 25.0. The van der Waals surface area contributed by atoms with Gasteiger partial charge in [0.1, 0.15) is 0 Å². The van der Waals surface area contributed by atoms with Gasteiger partial charge in [-0.15, -0.1) is 0 Å². The molecule has 2 rings (SSSR count). The lowest BCUT2D eigenvalue weighted by molar-refractivity contribution is 0.0990. The Hall–Kier alpha value is -3.62. The third kappa shape index (κ3) is 4.07. The molecular formula is C17H22N6O3. The van der Waals surface area contributed by atoms with Crippen molar-refractivity contribution in [2.24, 2.45) is 11.5 Å². The average Bonchev–Trinajstić information content (AvgIpc) is 2.60. The number of rotatable bonds is 8. The number of nitrogens with one attached hydrogen (secondary N) is 2. The van der Waals surface area contributed by atoms with Crippen molar-refractivity contribution in [2.45, 2.75) is 0 Å². The maximum atomic E-state index is 11.4. The van der Waals surface area contributed by atoms with Crippen molar-refractivity contribution >= 4 is 34.6 Å². The second kappa shape index (κ2) is 7.97. The standard InChI is InChI=1S/C17H22N6O3/c1-26-15-10(17(21)25)3-5-13(14(15)19)23-7-6-22-12-4-2-9(16(20)24)8-11(12)18/h2-5,8,22-23H,6-7,18-19H2,1H3,(H2,20,24)(H2,21,25). The Labute approximate surface area is 150 Å². The van der Waals surface area contributed by atoms with Crippen molar-refractivity contribution < 1.29 is 14.3 Å². The van der Waals surface area contributed by atoms with E-state index in [1.807, 2.05) is 0 Å². The fourth-order valence-corrected chi connectivity index (χ4v) is 2.44. The first kappa shape index (κ1) is 18.7. The van der Waals surface area contributed by atoms with E-state index in [1.165, 1.54) is 13.2 Å². The van der Waals surface area contributed by atoms with Crippen molar-refractivity contribution in [3.05, 3.63) is 41.5 Å². The molecule has 0 fully saturated rings. The van der Waals surface area contributed by atoms with Gasteiger partial charge in [0.15, 0.2) is 5.75 Å². The molecule has 0 aliphatic rings. The van der Waals surface area contributed by atoms with Gasteiger partial charge in [0.25, 0.3) is 5.91 Å². The highest BCUT2D eigenvalue weighted by atomic mass is 16.5. The number of anilines is 4. The molecule has 0 saturated heterocycles. The van der Waals surface area contributed by atoms with Crippen LogP contribution in [0.1, 0.15) is 20.7 Å². The van der Waals surface area contributed by atoms with Gasteiger partial charge in [-0.25, -0.2) is 0 Å². The van der Waals surface area contributed by atoms with Crippen LogP contribution in [0.4, 0.5) is 22.7 Å². The van der Waals surface area contributed by atoms with Crippen LogP contribution in [0.15, 0.2) is 30.3 Å². The molecule has 10 N–H and O–H groups in total. The second-order valence-corrected chi connectivity index (χ2v) is 5.49. The fraction of sp³-hybridized carbons (Fsp3) is 0.176. The molecule has 0 unspecified atom stereocenters. The molecule has 0 saturated carbocycles. The highest BCUT2D eigenvalue weighted by Gasteiger charge is 2.15. The van der Waals surface area contributed by atoms with Gasteiger partial charge in [0, 0.05) is 18.7 Å². The Balaban J connectivity index is 1.98. The summed E-state index contributed by atoms with van der Waals surface area (Å²) in [6.07, 6.45) is 0. The molecule has 2 amide bonds. The number of nitrogens with two attached hydrogens (primary N) is 4. The summed E-state index contributed by atoms with van der Waals surface area (Å²) in [6.45, 7) is 1.04. The molecule has 0 radical (unpaired) electrons. The number of methoxy groups -OCH3 is 1. The SMILES string of the molecule is COc1c(C(N)=O)ccc(NCCNc2ccc(C(N)=O)cc2N)c1N. The van der Waals surface area contributed by atoms with Crippen molar-refractivity contribution in [1.29, 1.82) is 0 Å². The zero-order valence-corrected chi connectivity index (χ0v) is 14.3. The van der Waals surface area contributed by atoms with Crippen molar-refractivity contribution in [3.63, 3.8) is 0 Å². The van der Waals surface area contributed by atoms with E-state index in [2.05, 4.69) is 10.6 Å². The Morgan fingerprint density at radius 1 is 0.962 bits per heavy atom. The van der Waals surface area contributed by atoms with Crippen LogP contribution in [-0.2, 0) is 0 Å². The smallest absolute Gasteiger partial charge is 0.252 e. The Morgan fingerprint density at radius 2 is 1.58 bits per heavy atom. The van der Waals surface area contributed by atoms with Crippen LogP contribution in [0.5, 0.6) is 5.75 Å². The van der Waals surface area contributed by atoms with Crippen LogP contribution in [0.25, 0.3) is 0 Å². The van der Waals surface area contributed by atoms with E-state index in [0.29, 0.717) is 41.4 Å². The molecule has 0 atom stereocenters. The van der Waals surface area contributed by atoms with E-state index >= 15 is 0 Å². The number of carbonyl (C=O) groups is 2. The van der Waals surface area contributed by atoms with Crippen LogP contribution in [0, 0.1) is 0 Å². The number of nitrogen functional groups attached to an aromatic ring is 2. The van der Waals surface area contributed by atoms with E-state index in [4.69, 9.17) is 27.7 Å². The molecule has 9 heteroatoms. The quantitative estimate of drug-likeness (QED) is 0.296. The van der Waals surface area contributed by atoms with Gasteiger partial charge in [-0.3, -0.25) is 9.59 Å². The first-order chi connectivity index (χ1) is 12.3. The van der Waals surface area contributed by atoms with Crippen LogP contribution >= 0.6 is 0 Å². The zero-order chi connectivity index (χ0) is 19.3. The number of ether oxygens (including phenoxy) is 1. The highest BCUT2D eigenvalue weighted by molar-refractivity contribution is 5.99. The molecule has 9 nitrogen and oxygen atoms in total. The van der Waals surface area contributed by atoms with E-state index in [0.717, 1.165) is 0 Å². The van der Waals surface area contributed by atoms with Gasteiger partial charge in [-0.05, 0) is 30.3 Å². The summed E-state index contributed by atoms with van der Waals surface area (Å²) in [6, 6.07) is 8.01. The zero-order valence-electron chi connectivity index (χ0n) is 14.3. The number of amides is 2. The molecule has 0 spiro atoms. The van der Waals surface area contributed by atoms with Gasteiger partial charge < -0.3 is 38.3 Å². The van der Waals surface area contributed by atoms with Gasteiger partial charge in [0.2, 0.25) is 5.91 Å². The Bertz CT molecular complexity index is 837. The van der Waals surface area contributed by atoms with Crippen molar-refractivity contribution in [3.8, 4) is 5.75 Å². The third-order valence-corrected chi connectivity index (χ3v) is 3.76. The minimum absolute atomic E-state index is 0.219. The molecule has 0 bridgehead atoms. The maximum Gasteiger partial charge on any atom is 0.252 e. The second-order valence-electron chi connectivity index (χ2n) is 5.49. The van der Waals surface area contributed by atoms with Crippen LogP contribution in [0.3, 0.4) is 0 Å². The fourth-order valence-electron chi connectivity index (χ4n) is 2.44. The number of hydrogen-bond donors (Lipinski definition) is 6. The lowest BCUT2D eigenvalue weighted by atomic mass is 10.1. The number of hydrogen-bond acceptors (Lipinski definition) is 7. The third-order valence-electron chi connectivity index (χ3n) is 3.76. The van der Waals surface area contributed by atoms with Gasteiger partial charge in [-0.2, -0.15) is 0 Å². The molecule has 0 aliphatic carbocycles. The monoisotopic (exact) mass is 358 g/mol. The summed E-state index contributed by atoms with van der Waals surface area (Å²) in [7, 11) is 1.42. The normalized spacial score (nSPS) is 10.2. The maximum absolute atomic E-state index is 11.4. The molecule has 2 aromatic rings. The molecule has 138 valence electrons. The largest absolute Gasteiger partial charge is 0.494 e. The first-order valence-electron chi connectivity index (χ1n) is 7.78. The van der Waals surface area contributed by atoms with E-state index in [1.54, 1.807) is 24.3 Å². The first-order valence-corrected chi connectivity index (χ1v) is 7.78. The van der Waals surface area contributed by atoms with E-state index in [-0.39, 0.29) is 11.3 Å². The molecule has 2 aromatic carbocycles. The Kier molecular flexibility index (Phi) is 5.74. The Morgan fingerprint density at radius 3 is 2.12 bits per heavy atom. The summed E-state index contributed by atoms with van der Waals surface area (Å²) >= 11 is 0. The minimum atomic E-state index is -0.614. The van der Waals surface area contributed by atoms with Crippen LogP contribution < -0.4 is 38.3 Å². The van der Waals surface area contributed by atoms with Crippen molar-refractivity contribution in [1.82, 2.24) is 0 Å². The van der Waals surface area contributed by atoms with Gasteiger partial charge in [-0.1, -0.05) is 0 Å². The molecule has 26 heavy (non-hydrogen) atoms. The highest BCUT2D eigenvalue weighted by Crippen LogP contribution is 2.33. The lowest BCUT2D eigenvalue weighted by Gasteiger charge is -2.15. The molecular weight excluding hydrogens is 336 g/mol. The number of carbonyl (C=O) groups excluding carboxylic acids is 2.